The number of ether oxygens (including phenoxy) is 1. The molecule has 0 spiro atoms. The molecule has 3 heteroatoms. The molecule has 2 nitrogen and oxygen atoms in total. The molecular weight excluding hydrogens is 270 g/mol. The number of halogens is 1. The van der Waals surface area contributed by atoms with Gasteiger partial charge in [-0.2, -0.15) is 0 Å². The molecule has 0 radical (unpaired) electrons. The third-order valence-electron chi connectivity index (χ3n) is 3.65. The van der Waals surface area contributed by atoms with Crippen molar-refractivity contribution in [2.45, 2.75) is 19.4 Å². The summed E-state index contributed by atoms with van der Waals surface area (Å²) < 4.78 is 5.66. The molecule has 0 unspecified atom stereocenters. The normalized spacial score (nSPS) is 13.7. The van der Waals surface area contributed by atoms with Gasteiger partial charge in [0.2, 0.25) is 0 Å². The van der Waals surface area contributed by atoms with E-state index in [1.807, 2.05) is 13.1 Å². The topological polar surface area (TPSA) is 21.3 Å². The lowest BCUT2D eigenvalue weighted by Gasteiger charge is -2.18. The van der Waals surface area contributed by atoms with Crippen LogP contribution in [0.3, 0.4) is 0 Å². The molecule has 0 bridgehead atoms. The Morgan fingerprint density at radius 3 is 2.80 bits per heavy atom. The van der Waals surface area contributed by atoms with Crippen LogP contribution in [0.25, 0.3) is 11.1 Å². The highest BCUT2D eigenvalue weighted by atomic mass is 35.5. The number of fused-ring (bicyclic) bond motifs is 1. The largest absolute Gasteiger partial charge is 0.493 e. The minimum absolute atomic E-state index is 0.778. The fraction of sp³-hybridized carbons (Fsp3) is 0.294. The third kappa shape index (κ3) is 2.67. The molecule has 1 N–H and O–H groups in total. The van der Waals surface area contributed by atoms with Crippen LogP contribution < -0.4 is 10.1 Å². The van der Waals surface area contributed by atoms with Crippen LogP contribution in [0.2, 0.25) is 5.02 Å². The Labute approximate surface area is 124 Å². The first kappa shape index (κ1) is 13.5. The monoisotopic (exact) mass is 287 g/mol. The fourth-order valence-corrected chi connectivity index (χ4v) is 2.80. The maximum Gasteiger partial charge on any atom is 0.122 e. The Hall–Kier alpha value is -1.51. The zero-order chi connectivity index (χ0) is 13.9. The molecule has 0 amide bonds. The molecule has 3 rings (SSSR count). The Bertz CT molecular complexity index is 624. The van der Waals surface area contributed by atoms with E-state index in [4.69, 9.17) is 16.3 Å². The highest BCUT2D eigenvalue weighted by Gasteiger charge is 2.11. The fourth-order valence-electron chi connectivity index (χ4n) is 2.62. The molecule has 0 fully saturated rings. The van der Waals surface area contributed by atoms with E-state index in [0.29, 0.717) is 0 Å². The lowest BCUT2D eigenvalue weighted by atomic mass is 9.98. The molecule has 0 aromatic heterocycles. The molecule has 0 saturated heterocycles. The van der Waals surface area contributed by atoms with E-state index in [2.05, 4.69) is 35.6 Å². The van der Waals surface area contributed by atoms with E-state index in [-0.39, 0.29) is 0 Å². The highest BCUT2D eigenvalue weighted by Crippen LogP contribution is 2.31. The quantitative estimate of drug-likeness (QED) is 0.919. The van der Waals surface area contributed by atoms with Gasteiger partial charge in [0.05, 0.1) is 6.61 Å². The van der Waals surface area contributed by atoms with Crippen LogP contribution in [-0.4, -0.2) is 13.7 Å². The van der Waals surface area contributed by atoms with Gasteiger partial charge in [0, 0.05) is 11.6 Å². The summed E-state index contributed by atoms with van der Waals surface area (Å²) in [5.74, 6) is 1.03. The predicted molar refractivity (Wildman–Crippen MR) is 83.5 cm³/mol. The van der Waals surface area contributed by atoms with Crippen LogP contribution in [0.4, 0.5) is 0 Å². The lowest BCUT2D eigenvalue weighted by molar-refractivity contribution is 0.288. The van der Waals surface area contributed by atoms with E-state index in [0.717, 1.165) is 42.3 Å². The Balaban J connectivity index is 1.98. The molecule has 2 aromatic carbocycles. The van der Waals surface area contributed by atoms with Crippen molar-refractivity contribution in [3.63, 3.8) is 0 Å². The molecule has 104 valence electrons. The van der Waals surface area contributed by atoms with E-state index in [9.17, 15) is 0 Å². The zero-order valence-corrected chi connectivity index (χ0v) is 12.3. The van der Waals surface area contributed by atoms with Gasteiger partial charge < -0.3 is 10.1 Å². The first-order chi connectivity index (χ1) is 9.78. The highest BCUT2D eigenvalue weighted by molar-refractivity contribution is 6.31. The van der Waals surface area contributed by atoms with Crippen molar-refractivity contribution >= 4 is 11.6 Å². The summed E-state index contributed by atoms with van der Waals surface area (Å²) in [5.41, 5.74) is 4.86. The summed E-state index contributed by atoms with van der Waals surface area (Å²) >= 11 is 6.22. The summed E-state index contributed by atoms with van der Waals surface area (Å²) in [7, 11) is 1.93. The minimum atomic E-state index is 0.778. The van der Waals surface area contributed by atoms with E-state index >= 15 is 0 Å². The average Bonchev–Trinajstić information content (AvgIpc) is 2.49. The van der Waals surface area contributed by atoms with Gasteiger partial charge in [0.15, 0.2) is 0 Å². The summed E-state index contributed by atoms with van der Waals surface area (Å²) in [4.78, 5) is 0. The number of benzene rings is 2. The number of hydrogen-bond acceptors (Lipinski definition) is 2. The van der Waals surface area contributed by atoms with Gasteiger partial charge in [-0.25, -0.2) is 0 Å². The summed E-state index contributed by atoms with van der Waals surface area (Å²) in [6, 6.07) is 12.6. The van der Waals surface area contributed by atoms with Crippen molar-refractivity contribution in [1.82, 2.24) is 5.32 Å². The van der Waals surface area contributed by atoms with Crippen LogP contribution in [0.1, 0.15) is 17.5 Å². The maximum absolute atomic E-state index is 6.22. The number of rotatable bonds is 3. The Kier molecular flexibility index (Phi) is 3.95. The summed E-state index contributed by atoms with van der Waals surface area (Å²) in [6.45, 7) is 1.61. The zero-order valence-electron chi connectivity index (χ0n) is 11.6. The number of hydrogen-bond donors (Lipinski definition) is 1. The van der Waals surface area contributed by atoms with Gasteiger partial charge in [-0.15, -0.1) is 0 Å². The van der Waals surface area contributed by atoms with Crippen molar-refractivity contribution in [1.29, 1.82) is 0 Å². The second-order valence-electron chi connectivity index (χ2n) is 5.11. The van der Waals surface area contributed by atoms with Gasteiger partial charge in [0.25, 0.3) is 0 Å². The smallest absolute Gasteiger partial charge is 0.122 e. The van der Waals surface area contributed by atoms with Gasteiger partial charge in [0.1, 0.15) is 5.75 Å². The SMILES string of the molecule is CNCc1cc(-c2ccc3c(c2)CCCO3)ccc1Cl. The predicted octanol–water partition coefficient (Wildman–Crippen LogP) is 4.05. The van der Waals surface area contributed by atoms with Crippen LogP contribution in [0, 0.1) is 0 Å². The molecule has 2 aromatic rings. The van der Waals surface area contributed by atoms with E-state index in [1.165, 1.54) is 16.7 Å². The molecule has 20 heavy (non-hydrogen) atoms. The molecule has 1 heterocycles. The standard InChI is InChI=1S/C17H18ClNO/c1-19-11-15-10-12(4-6-16(15)18)13-5-7-17-14(9-13)3-2-8-20-17/h4-7,9-10,19H,2-3,8,11H2,1H3. The van der Waals surface area contributed by atoms with Crippen molar-refractivity contribution in [2.24, 2.45) is 0 Å². The molecule has 1 aliphatic heterocycles. The molecule has 0 saturated carbocycles. The first-order valence-electron chi connectivity index (χ1n) is 6.97. The van der Waals surface area contributed by atoms with Gasteiger partial charge in [-0.05, 0) is 66.4 Å². The summed E-state index contributed by atoms with van der Waals surface area (Å²) in [6.07, 6.45) is 2.20. The Morgan fingerprint density at radius 2 is 1.95 bits per heavy atom. The molecular formula is C17H18ClNO. The Morgan fingerprint density at radius 1 is 1.15 bits per heavy atom. The van der Waals surface area contributed by atoms with Crippen LogP contribution >= 0.6 is 11.6 Å². The van der Waals surface area contributed by atoms with Crippen molar-refractivity contribution in [3.8, 4) is 16.9 Å². The second kappa shape index (κ2) is 5.86. The minimum Gasteiger partial charge on any atom is -0.493 e. The van der Waals surface area contributed by atoms with Gasteiger partial charge >= 0.3 is 0 Å². The van der Waals surface area contributed by atoms with Crippen molar-refractivity contribution in [2.75, 3.05) is 13.7 Å². The summed E-state index contributed by atoms with van der Waals surface area (Å²) in [5, 5.41) is 3.96. The van der Waals surface area contributed by atoms with Crippen LogP contribution in [0.15, 0.2) is 36.4 Å². The molecule has 1 aliphatic rings. The maximum atomic E-state index is 6.22. The number of aryl methyl sites for hydroxylation is 1. The third-order valence-corrected chi connectivity index (χ3v) is 4.02. The molecule has 0 atom stereocenters. The number of nitrogens with one attached hydrogen (secondary N) is 1. The molecule has 0 aliphatic carbocycles. The van der Waals surface area contributed by atoms with Crippen molar-refractivity contribution in [3.05, 3.63) is 52.5 Å². The first-order valence-corrected chi connectivity index (χ1v) is 7.35. The van der Waals surface area contributed by atoms with E-state index < -0.39 is 0 Å². The van der Waals surface area contributed by atoms with Gasteiger partial charge in [-0.1, -0.05) is 23.7 Å². The second-order valence-corrected chi connectivity index (χ2v) is 5.52. The van der Waals surface area contributed by atoms with Crippen molar-refractivity contribution < 1.29 is 4.74 Å². The van der Waals surface area contributed by atoms with E-state index in [1.54, 1.807) is 0 Å². The lowest BCUT2D eigenvalue weighted by Crippen LogP contribution is -2.08. The van der Waals surface area contributed by atoms with Crippen LogP contribution in [-0.2, 0) is 13.0 Å². The average molecular weight is 288 g/mol. The van der Waals surface area contributed by atoms with Crippen LogP contribution in [0.5, 0.6) is 5.75 Å². The van der Waals surface area contributed by atoms with Gasteiger partial charge in [-0.3, -0.25) is 0 Å².